The molecule has 1 amide bonds. The molecule has 19 heavy (non-hydrogen) atoms. The van der Waals surface area contributed by atoms with Crippen LogP contribution in [0.4, 0.5) is 11.4 Å². The zero-order chi connectivity index (χ0) is 13.7. The zero-order valence-electron chi connectivity index (χ0n) is 10.7. The first kappa shape index (κ1) is 13.0. The van der Waals surface area contributed by atoms with Gasteiger partial charge in [-0.15, -0.1) is 0 Å². The average molecular weight is 256 g/mol. The Bertz CT molecular complexity index is 583. The standard InChI is InChI=1S/C14H16N4O/c1-2-10-5-3-4-6-12(10)17-14(19)11-9-16-8-7-13(11)18-15/h3-9H,2,15H2,1H3,(H,16,18)(H,17,19). The van der Waals surface area contributed by atoms with Gasteiger partial charge in [0.2, 0.25) is 0 Å². The normalized spacial score (nSPS) is 10.0. The topological polar surface area (TPSA) is 80.0 Å². The monoisotopic (exact) mass is 256 g/mol. The van der Waals surface area contributed by atoms with Gasteiger partial charge in [-0.05, 0) is 24.1 Å². The molecule has 98 valence electrons. The Morgan fingerprint density at radius 3 is 2.79 bits per heavy atom. The lowest BCUT2D eigenvalue weighted by Gasteiger charge is -2.11. The van der Waals surface area contributed by atoms with Crippen LogP contribution in [-0.2, 0) is 6.42 Å². The van der Waals surface area contributed by atoms with Gasteiger partial charge in [-0.2, -0.15) is 0 Å². The number of aromatic nitrogens is 1. The van der Waals surface area contributed by atoms with Crippen molar-refractivity contribution in [2.45, 2.75) is 13.3 Å². The maximum atomic E-state index is 12.2. The number of hydrogen-bond acceptors (Lipinski definition) is 4. The highest BCUT2D eigenvalue weighted by atomic mass is 16.1. The van der Waals surface area contributed by atoms with Gasteiger partial charge in [-0.1, -0.05) is 25.1 Å². The Hall–Kier alpha value is -2.40. The lowest BCUT2D eigenvalue weighted by Crippen LogP contribution is -2.18. The van der Waals surface area contributed by atoms with Gasteiger partial charge in [0.1, 0.15) is 0 Å². The van der Waals surface area contributed by atoms with Crippen molar-refractivity contribution in [2.24, 2.45) is 5.84 Å². The minimum absolute atomic E-state index is 0.234. The number of anilines is 2. The third-order valence-corrected chi connectivity index (χ3v) is 2.87. The number of nitrogens with zero attached hydrogens (tertiary/aromatic N) is 1. The summed E-state index contributed by atoms with van der Waals surface area (Å²) in [5.74, 6) is 5.15. The van der Waals surface area contributed by atoms with E-state index in [1.807, 2.05) is 31.2 Å². The molecule has 0 saturated heterocycles. The van der Waals surface area contributed by atoms with E-state index in [1.165, 1.54) is 6.20 Å². The Morgan fingerprint density at radius 1 is 1.26 bits per heavy atom. The molecule has 0 bridgehead atoms. The number of benzene rings is 1. The van der Waals surface area contributed by atoms with E-state index >= 15 is 0 Å². The number of hydrogen-bond donors (Lipinski definition) is 3. The van der Waals surface area contributed by atoms with Gasteiger partial charge in [0.15, 0.2) is 0 Å². The molecule has 2 aromatic rings. The predicted molar refractivity (Wildman–Crippen MR) is 75.8 cm³/mol. The second-order valence-corrected chi connectivity index (χ2v) is 4.03. The molecule has 5 nitrogen and oxygen atoms in total. The van der Waals surface area contributed by atoms with E-state index in [0.29, 0.717) is 11.3 Å². The maximum Gasteiger partial charge on any atom is 0.259 e. The average Bonchev–Trinajstić information content (AvgIpc) is 2.47. The molecular weight excluding hydrogens is 240 g/mol. The summed E-state index contributed by atoms with van der Waals surface area (Å²) in [7, 11) is 0. The van der Waals surface area contributed by atoms with Crippen molar-refractivity contribution in [1.29, 1.82) is 0 Å². The molecule has 4 N–H and O–H groups in total. The molecule has 0 aliphatic heterocycles. The molecule has 1 heterocycles. The van der Waals surface area contributed by atoms with Gasteiger partial charge in [0.25, 0.3) is 5.91 Å². The summed E-state index contributed by atoms with van der Waals surface area (Å²) >= 11 is 0. The molecule has 0 fully saturated rings. The van der Waals surface area contributed by atoms with E-state index in [2.05, 4.69) is 15.7 Å². The number of aryl methyl sites for hydroxylation is 1. The molecular formula is C14H16N4O. The molecule has 5 heteroatoms. The first-order chi connectivity index (χ1) is 9.26. The van der Waals surface area contributed by atoms with Crippen LogP contribution < -0.4 is 16.6 Å². The van der Waals surface area contributed by atoms with Crippen LogP contribution in [0.2, 0.25) is 0 Å². The number of amides is 1. The lowest BCUT2D eigenvalue weighted by atomic mass is 10.1. The quantitative estimate of drug-likeness (QED) is 0.578. The number of para-hydroxylation sites is 1. The summed E-state index contributed by atoms with van der Waals surface area (Å²) in [4.78, 5) is 16.2. The number of carbonyl (C=O) groups is 1. The van der Waals surface area contributed by atoms with Crippen molar-refractivity contribution >= 4 is 17.3 Å². The summed E-state index contributed by atoms with van der Waals surface area (Å²) in [6.07, 6.45) is 3.91. The Labute approximate surface area is 111 Å². The molecule has 1 aromatic heterocycles. The molecule has 0 unspecified atom stereocenters. The van der Waals surface area contributed by atoms with Gasteiger partial charge < -0.3 is 10.7 Å². The Morgan fingerprint density at radius 2 is 2.05 bits per heavy atom. The molecule has 0 radical (unpaired) electrons. The second-order valence-electron chi connectivity index (χ2n) is 4.03. The first-order valence-corrected chi connectivity index (χ1v) is 6.06. The lowest BCUT2D eigenvalue weighted by molar-refractivity contribution is 0.102. The highest BCUT2D eigenvalue weighted by Crippen LogP contribution is 2.18. The van der Waals surface area contributed by atoms with E-state index in [4.69, 9.17) is 5.84 Å². The van der Waals surface area contributed by atoms with Gasteiger partial charge in [0.05, 0.1) is 11.3 Å². The van der Waals surface area contributed by atoms with Crippen LogP contribution in [0.3, 0.4) is 0 Å². The summed E-state index contributed by atoms with van der Waals surface area (Å²) in [6.45, 7) is 2.04. The first-order valence-electron chi connectivity index (χ1n) is 6.06. The summed E-state index contributed by atoms with van der Waals surface area (Å²) < 4.78 is 0. The molecule has 1 aromatic carbocycles. The SMILES string of the molecule is CCc1ccccc1NC(=O)c1cnccc1NN. The molecule has 0 saturated carbocycles. The highest BCUT2D eigenvalue weighted by Gasteiger charge is 2.12. The number of nitrogens with two attached hydrogens (primary N) is 1. The fourth-order valence-electron chi connectivity index (χ4n) is 1.84. The Kier molecular flexibility index (Phi) is 4.10. The third kappa shape index (κ3) is 2.89. The van der Waals surface area contributed by atoms with E-state index in [0.717, 1.165) is 17.7 Å². The van der Waals surface area contributed by atoms with Crippen molar-refractivity contribution in [1.82, 2.24) is 4.98 Å². The number of rotatable bonds is 4. The van der Waals surface area contributed by atoms with Crippen LogP contribution in [0, 0.1) is 0 Å². The van der Waals surface area contributed by atoms with Crippen LogP contribution in [0.1, 0.15) is 22.8 Å². The van der Waals surface area contributed by atoms with Crippen LogP contribution in [-0.4, -0.2) is 10.9 Å². The minimum Gasteiger partial charge on any atom is -0.323 e. The fourth-order valence-corrected chi connectivity index (χ4v) is 1.84. The third-order valence-electron chi connectivity index (χ3n) is 2.87. The van der Waals surface area contributed by atoms with Crippen molar-refractivity contribution in [2.75, 3.05) is 10.7 Å². The Balaban J connectivity index is 2.26. The second kappa shape index (κ2) is 5.97. The largest absolute Gasteiger partial charge is 0.323 e. The van der Waals surface area contributed by atoms with Crippen molar-refractivity contribution in [3.63, 3.8) is 0 Å². The smallest absolute Gasteiger partial charge is 0.259 e. The summed E-state index contributed by atoms with van der Waals surface area (Å²) in [6, 6.07) is 9.36. The van der Waals surface area contributed by atoms with Crippen LogP contribution in [0.15, 0.2) is 42.7 Å². The van der Waals surface area contributed by atoms with E-state index in [1.54, 1.807) is 12.3 Å². The zero-order valence-corrected chi connectivity index (χ0v) is 10.7. The van der Waals surface area contributed by atoms with Crippen molar-refractivity contribution in [3.8, 4) is 0 Å². The number of nitrogens with one attached hydrogen (secondary N) is 2. The van der Waals surface area contributed by atoms with Crippen molar-refractivity contribution < 1.29 is 4.79 Å². The number of hydrazine groups is 1. The highest BCUT2D eigenvalue weighted by molar-refractivity contribution is 6.08. The van der Waals surface area contributed by atoms with Gasteiger partial charge in [0, 0.05) is 18.1 Å². The predicted octanol–water partition coefficient (Wildman–Crippen LogP) is 2.18. The maximum absolute atomic E-state index is 12.2. The number of carbonyl (C=O) groups excluding carboxylic acids is 1. The van der Waals surface area contributed by atoms with Gasteiger partial charge >= 0.3 is 0 Å². The molecule has 0 aliphatic rings. The van der Waals surface area contributed by atoms with Gasteiger partial charge in [-0.25, -0.2) is 0 Å². The van der Waals surface area contributed by atoms with Crippen LogP contribution in [0.25, 0.3) is 0 Å². The summed E-state index contributed by atoms with van der Waals surface area (Å²) in [5, 5.41) is 2.88. The minimum atomic E-state index is -0.234. The van der Waals surface area contributed by atoms with E-state index in [9.17, 15) is 4.79 Å². The van der Waals surface area contributed by atoms with Gasteiger partial charge in [-0.3, -0.25) is 15.6 Å². The number of pyridine rings is 1. The molecule has 2 rings (SSSR count). The summed E-state index contributed by atoms with van der Waals surface area (Å²) in [5.41, 5.74) is 5.34. The van der Waals surface area contributed by atoms with Crippen LogP contribution >= 0.6 is 0 Å². The van der Waals surface area contributed by atoms with Crippen molar-refractivity contribution in [3.05, 3.63) is 53.9 Å². The number of nitrogen functional groups attached to an aromatic ring is 1. The molecule has 0 aliphatic carbocycles. The van der Waals surface area contributed by atoms with E-state index < -0.39 is 0 Å². The fraction of sp³-hybridized carbons (Fsp3) is 0.143. The molecule has 0 spiro atoms. The van der Waals surface area contributed by atoms with Crippen LogP contribution in [0.5, 0.6) is 0 Å². The molecule has 0 atom stereocenters. The van der Waals surface area contributed by atoms with E-state index in [-0.39, 0.29) is 5.91 Å².